The fraction of sp³-hybridized carbons (Fsp3) is 0.571. The monoisotopic (exact) mass is 299 g/mol. The van der Waals surface area contributed by atoms with E-state index < -0.39 is 17.8 Å². The molecule has 114 valence electrons. The van der Waals surface area contributed by atoms with Crippen LogP contribution in [0.5, 0.6) is 0 Å². The fourth-order valence-corrected chi connectivity index (χ4v) is 2.10. The number of rotatable bonds is 4. The van der Waals surface area contributed by atoms with E-state index in [1.54, 1.807) is 13.8 Å². The predicted molar refractivity (Wildman–Crippen MR) is 70.3 cm³/mol. The van der Waals surface area contributed by atoms with E-state index in [4.69, 9.17) is 0 Å². The SMILES string of the molecule is CC#CC(=O)NC(C)Cn1nc(C(F)(F)F)cc1C1CC1. The molecular formula is C14H16F3N3O. The van der Waals surface area contributed by atoms with Crippen LogP contribution >= 0.6 is 0 Å². The van der Waals surface area contributed by atoms with Crippen LogP contribution in [0.1, 0.15) is 44.0 Å². The van der Waals surface area contributed by atoms with Crippen molar-refractivity contribution < 1.29 is 18.0 Å². The molecule has 2 rings (SSSR count). The zero-order valence-electron chi connectivity index (χ0n) is 11.8. The molecule has 1 saturated carbocycles. The van der Waals surface area contributed by atoms with E-state index in [-0.39, 0.29) is 18.5 Å². The van der Waals surface area contributed by atoms with E-state index >= 15 is 0 Å². The second-order valence-corrected chi connectivity index (χ2v) is 5.16. The van der Waals surface area contributed by atoms with Gasteiger partial charge in [0.2, 0.25) is 0 Å². The van der Waals surface area contributed by atoms with Crippen LogP contribution in [0.25, 0.3) is 0 Å². The zero-order valence-corrected chi connectivity index (χ0v) is 11.8. The number of halogens is 3. The van der Waals surface area contributed by atoms with Crippen molar-refractivity contribution >= 4 is 5.91 Å². The lowest BCUT2D eigenvalue weighted by Gasteiger charge is -2.14. The van der Waals surface area contributed by atoms with Gasteiger partial charge in [0.05, 0.1) is 6.54 Å². The second-order valence-electron chi connectivity index (χ2n) is 5.16. The van der Waals surface area contributed by atoms with Crippen LogP contribution in [0.15, 0.2) is 6.07 Å². The molecular weight excluding hydrogens is 283 g/mol. The van der Waals surface area contributed by atoms with Gasteiger partial charge >= 0.3 is 6.18 Å². The first kappa shape index (κ1) is 15.4. The maximum Gasteiger partial charge on any atom is 0.435 e. The summed E-state index contributed by atoms with van der Waals surface area (Å²) in [6.45, 7) is 3.44. The predicted octanol–water partition coefficient (Wildman–Crippen LogP) is 2.31. The third-order valence-electron chi connectivity index (χ3n) is 3.16. The van der Waals surface area contributed by atoms with Crippen LogP contribution in [0.4, 0.5) is 13.2 Å². The Kier molecular flexibility index (Phi) is 4.26. The van der Waals surface area contributed by atoms with Gasteiger partial charge in [0, 0.05) is 17.7 Å². The minimum atomic E-state index is -4.45. The molecule has 21 heavy (non-hydrogen) atoms. The lowest BCUT2D eigenvalue weighted by atomic mass is 10.2. The van der Waals surface area contributed by atoms with Crippen molar-refractivity contribution in [1.82, 2.24) is 15.1 Å². The molecule has 0 saturated heterocycles. The smallest absolute Gasteiger partial charge is 0.341 e. The van der Waals surface area contributed by atoms with E-state index in [1.807, 2.05) is 0 Å². The summed E-state index contributed by atoms with van der Waals surface area (Å²) in [5.41, 5.74) is -0.290. The second kappa shape index (κ2) is 5.80. The molecule has 1 atom stereocenters. The molecule has 1 heterocycles. The Morgan fingerprint density at radius 2 is 2.24 bits per heavy atom. The van der Waals surface area contributed by atoms with Gasteiger partial charge in [0.1, 0.15) is 0 Å². The van der Waals surface area contributed by atoms with Gasteiger partial charge in [-0.25, -0.2) is 0 Å². The average molecular weight is 299 g/mol. The number of alkyl halides is 3. The van der Waals surface area contributed by atoms with Crippen molar-refractivity contribution in [2.75, 3.05) is 0 Å². The average Bonchev–Trinajstić information content (AvgIpc) is 3.10. The summed E-state index contributed by atoms with van der Waals surface area (Å²) in [7, 11) is 0. The van der Waals surface area contributed by atoms with E-state index in [0.29, 0.717) is 5.69 Å². The van der Waals surface area contributed by atoms with Crippen molar-refractivity contribution in [1.29, 1.82) is 0 Å². The first-order chi connectivity index (χ1) is 9.81. The van der Waals surface area contributed by atoms with E-state index in [0.717, 1.165) is 18.9 Å². The topological polar surface area (TPSA) is 46.9 Å². The Morgan fingerprint density at radius 1 is 1.57 bits per heavy atom. The maximum absolute atomic E-state index is 12.7. The van der Waals surface area contributed by atoms with E-state index in [9.17, 15) is 18.0 Å². The lowest BCUT2D eigenvalue weighted by molar-refractivity contribution is -0.141. The maximum atomic E-state index is 12.7. The quantitative estimate of drug-likeness (QED) is 0.867. The van der Waals surface area contributed by atoms with Gasteiger partial charge in [-0.2, -0.15) is 18.3 Å². The van der Waals surface area contributed by atoms with Crippen LogP contribution in [0.2, 0.25) is 0 Å². The molecule has 1 aliphatic carbocycles. The molecule has 0 aliphatic heterocycles. The first-order valence-corrected chi connectivity index (χ1v) is 6.69. The fourth-order valence-electron chi connectivity index (χ4n) is 2.10. The van der Waals surface area contributed by atoms with Crippen LogP contribution in [-0.2, 0) is 17.5 Å². The van der Waals surface area contributed by atoms with Crippen molar-refractivity contribution in [3.63, 3.8) is 0 Å². The van der Waals surface area contributed by atoms with Gasteiger partial charge in [0.15, 0.2) is 5.69 Å². The number of nitrogens with zero attached hydrogens (tertiary/aromatic N) is 2. The lowest BCUT2D eigenvalue weighted by Crippen LogP contribution is -2.35. The molecule has 1 fully saturated rings. The number of hydrogen-bond acceptors (Lipinski definition) is 2. The van der Waals surface area contributed by atoms with Crippen molar-refractivity contribution in [2.24, 2.45) is 0 Å². The molecule has 1 aromatic heterocycles. The summed E-state index contributed by atoms with van der Waals surface area (Å²) in [6, 6.07) is 0.759. The van der Waals surface area contributed by atoms with Crippen LogP contribution in [-0.4, -0.2) is 21.7 Å². The van der Waals surface area contributed by atoms with Crippen molar-refractivity contribution in [3.05, 3.63) is 17.5 Å². The molecule has 1 amide bonds. The Hall–Kier alpha value is -1.97. The molecule has 0 bridgehead atoms. The standard InChI is InChI=1S/C14H16F3N3O/c1-3-4-13(21)18-9(2)8-20-11(10-5-6-10)7-12(19-20)14(15,16)17/h7,9-10H,5-6,8H2,1-2H3,(H,18,21). The van der Waals surface area contributed by atoms with E-state index in [2.05, 4.69) is 22.3 Å². The molecule has 0 aromatic carbocycles. The molecule has 1 aliphatic rings. The molecule has 1 N–H and O–H groups in total. The number of hydrogen-bond donors (Lipinski definition) is 1. The number of carbonyl (C=O) groups excluding carboxylic acids is 1. The number of nitrogens with one attached hydrogen (secondary N) is 1. The van der Waals surface area contributed by atoms with Crippen LogP contribution in [0.3, 0.4) is 0 Å². The van der Waals surface area contributed by atoms with Gasteiger partial charge in [0.25, 0.3) is 5.91 Å². The highest BCUT2D eigenvalue weighted by Gasteiger charge is 2.37. The summed E-state index contributed by atoms with van der Waals surface area (Å²) >= 11 is 0. The summed E-state index contributed by atoms with van der Waals surface area (Å²) in [5.74, 6) is 4.50. The highest BCUT2D eigenvalue weighted by Crippen LogP contribution is 2.42. The summed E-state index contributed by atoms with van der Waals surface area (Å²) in [6.07, 6.45) is -2.69. The Bertz CT molecular complexity index is 591. The van der Waals surface area contributed by atoms with Gasteiger partial charge in [-0.1, -0.05) is 5.92 Å². The molecule has 7 heteroatoms. The van der Waals surface area contributed by atoms with Gasteiger partial charge in [-0.05, 0) is 38.7 Å². The number of aromatic nitrogens is 2. The molecule has 4 nitrogen and oxygen atoms in total. The van der Waals surface area contributed by atoms with E-state index in [1.165, 1.54) is 4.68 Å². The first-order valence-electron chi connectivity index (χ1n) is 6.69. The van der Waals surface area contributed by atoms with Crippen LogP contribution < -0.4 is 5.32 Å². The van der Waals surface area contributed by atoms with Gasteiger partial charge < -0.3 is 5.32 Å². The number of amides is 1. The van der Waals surface area contributed by atoms with Crippen molar-refractivity contribution in [3.8, 4) is 11.8 Å². The normalized spacial score (nSPS) is 16.0. The highest BCUT2D eigenvalue weighted by atomic mass is 19.4. The zero-order chi connectivity index (χ0) is 15.6. The minimum absolute atomic E-state index is 0.145. The molecule has 0 spiro atoms. The molecule has 1 unspecified atom stereocenters. The Morgan fingerprint density at radius 3 is 2.76 bits per heavy atom. The molecule has 0 radical (unpaired) electrons. The summed E-state index contributed by atoms with van der Waals surface area (Å²) in [4.78, 5) is 11.3. The third kappa shape index (κ3) is 4.00. The van der Waals surface area contributed by atoms with Crippen LogP contribution in [0, 0.1) is 11.8 Å². The molecule has 1 aromatic rings. The van der Waals surface area contributed by atoms with Gasteiger partial charge in [-0.15, -0.1) is 0 Å². The third-order valence-corrected chi connectivity index (χ3v) is 3.16. The van der Waals surface area contributed by atoms with Crippen molar-refractivity contribution in [2.45, 2.75) is 51.4 Å². The summed E-state index contributed by atoms with van der Waals surface area (Å²) in [5, 5.41) is 6.25. The summed E-state index contributed by atoms with van der Waals surface area (Å²) < 4.78 is 39.6. The Labute approximate surface area is 120 Å². The minimum Gasteiger partial charge on any atom is -0.341 e. The Balaban J connectivity index is 2.12. The highest BCUT2D eigenvalue weighted by molar-refractivity contribution is 5.93. The van der Waals surface area contributed by atoms with Gasteiger partial charge in [-0.3, -0.25) is 9.48 Å². The number of carbonyl (C=O) groups is 1. The largest absolute Gasteiger partial charge is 0.435 e.